The topological polar surface area (TPSA) is 72.6 Å². The first-order valence-electron chi connectivity index (χ1n) is 7.68. The summed E-state index contributed by atoms with van der Waals surface area (Å²) in [6, 6.07) is 7.44. The van der Waals surface area contributed by atoms with Gasteiger partial charge in [0.25, 0.3) is 0 Å². The molecule has 5 nitrogen and oxygen atoms in total. The van der Waals surface area contributed by atoms with Crippen molar-refractivity contribution >= 4 is 11.9 Å². The maximum Gasteiger partial charge on any atom is 0.327 e. The second-order valence-electron chi connectivity index (χ2n) is 5.96. The van der Waals surface area contributed by atoms with Crippen molar-refractivity contribution in [2.75, 3.05) is 20.2 Å². The smallest absolute Gasteiger partial charge is 0.327 e. The quantitative estimate of drug-likeness (QED) is 0.842. The zero-order valence-electron chi connectivity index (χ0n) is 13.2. The third kappa shape index (κ3) is 3.85. The lowest BCUT2D eigenvalue weighted by Gasteiger charge is -2.37. The molecule has 1 aliphatic heterocycles. The summed E-state index contributed by atoms with van der Waals surface area (Å²) in [6.45, 7) is 3.51. The third-order valence-corrected chi connectivity index (χ3v) is 4.31. The number of hydrogen-bond acceptors (Lipinski definition) is 4. The monoisotopic (exact) mass is 304 g/mol. The summed E-state index contributed by atoms with van der Waals surface area (Å²) in [5.74, 6) is -0.325. The molecule has 1 saturated heterocycles. The second-order valence-corrected chi connectivity index (χ2v) is 5.96. The van der Waals surface area contributed by atoms with Gasteiger partial charge in [0.2, 0.25) is 5.91 Å². The van der Waals surface area contributed by atoms with Crippen molar-refractivity contribution in [1.29, 1.82) is 0 Å². The molecule has 1 aromatic rings. The number of amides is 1. The standard InChI is InChI=1S/C17H24N2O3/c1-12-6-3-4-8-14(12)16(17(21)22-2)19-9-5-7-13(11-19)10-15(18)20/h3-4,6,8,13,16H,5,7,9-11H2,1-2H3,(H2,18,20)/t13-,16-/m0/s1. The molecule has 2 atom stereocenters. The van der Waals surface area contributed by atoms with Crippen LogP contribution in [0.5, 0.6) is 0 Å². The molecule has 1 heterocycles. The van der Waals surface area contributed by atoms with Crippen LogP contribution in [0, 0.1) is 12.8 Å². The van der Waals surface area contributed by atoms with E-state index in [4.69, 9.17) is 10.5 Å². The van der Waals surface area contributed by atoms with Crippen LogP contribution in [0.3, 0.4) is 0 Å². The van der Waals surface area contributed by atoms with Gasteiger partial charge in [-0.25, -0.2) is 4.79 Å². The SMILES string of the molecule is COC(=O)[C@H](c1ccccc1C)N1CCC[C@@H](CC(N)=O)C1. The molecule has 1 aliphatic rings. The Morgan fingerprint density at radius 1 is 1.41 bits per heavy atom. The zero-order valence-corrected chi connectivity index (χ0v) is 13.2. The van der Waals surface area contributed by atoms with Gasteiger partial charge in [0, 0.05) is 13.0 Å². The molecule has 0 saturated carbocycles. The molecular weight excluding hydrogens is 280 g/mol. The van der Waals surface area contributed by atoms with Crippen LogP contribution in [0.15, 0.2) is 24.3 Å². The van der Waals surface area contributed by atoms with Crippen molar-refractivity contribution in [2.45, 2.75) is 32.2 Å². The Morgan fingerprint density at radius 3 is 2.77 bits per heavy atom. The molecule has 0 radical (unpaired) electrons. The summed E-state index contributed by atoms with van der Waals surface area (Å²) in [5.41, 5.74) is 7.35. The number of methoxy groups -OCH3 is 1. The molecule has 0 spiro atoms. The summed E-state index contributed by atoms with van der Waals surface area (Å²) in [7, 11) is 1.42. The van der Waals surface area contributed by atoms with Gasteiger partial charge < -0.3 is 10.5 Å². The number of piperidine rings is 1. The molecule has 1 amide bonds. The van der Waals surface area contributed by atoms with Gasteiger partial charge in [0.05, 0.1) is 7.11 Å². The number of aryl methyl sites for hydroxylation is 1. The minimum atomic E-state index is -0.415. The number of rotatable bonds is 5. The van der Waals surface area contributed by atoms with Crippen LogP contribution in [0.2, 0.25) is 0 Å². The van der Waals surface area contributed by atoms with Crippen LogP contribution in [-0.4, -0.2) is 37.0 Å². The minimum absolute atomic E-state index is 0.211. The van der Waals surface area contributed by atoms with Crippen molar-refractivity contribution in [3.05, 3.63) is 35.4 Å². The molecule has 0 bridgehead atoms. The summed E-state index contributed by atoms with van der Waals surface area (Å²) in [5, 5.41) is 0. The van der Waals surface area contributed by atoms with Crippen molar-refractivity contribution in [2.24, 2.45) is 11.7 Å². The van der Waals surface area contributed by atoms with Gasteiger partial charge >= 0.3 is 5.97 Å². The van der Waals surface area contributed by atoms with Gasteiger partial charge in [-0.3, -0.25) is 9.69 Å². The van der Waals surface area contributed by atoms with E-state index in [1.165, 1.54) is 7.11 Å². The number of carbonyl (C=O) groups is 2. The highest BCUT2D eigenvalue weighted by molar-refractivity contribution is 5.78. The molecule has 2 N–H and O–H groups in total. The Hall–Kier alpha value is -1.88. The van der Waals surface area contributed by atoms with Gasteiger partial charge in [-0.05, 0) is 43.4 Å². The first-order valence-corrected chi connectivity index (χ1v) is 7.68. The molecule has 0 aliphatic carbocycles. The zero-order chi connectivity index (χ0) is 16.1. The fraction of sp³-hybridized carbons (Fsp3) is 0.529. The van der Waals surface area contributed by atoms with Crippen LogP contribution in [0.25, 0.3) is 0 Å². The van der Waals surface area contributed by atoms with Gasteiger partial charge in [-0.15, -0.1) is 0 Å². The van der Waals surface area contributed by atoms with Gasteiger partial charge in [-0.1, -0.05) is 24.3 Å². The first kappa shape index (κ1) is 16.5. The fourth-order valence-corrected chi connectivity index (χ4v) is 3.26. The molecule has 120 valence electrons. The molecule has 0 aromatic heterocycles. The molecule has 1 aromatic carbocycles. The van der Waals surface area contributed by atoms with E-state index in [0.29, 0.717) is 13.0 Å². The Bertz CT molecular complexity index is 544. The van der Waals surface area contributed by atoms with Crippen LogP contribution >= 0.6 is 0 Å². The first-order chi connectivity index (χ1) is 10.5. The van der Waals surface area contributed by atoms with E-state index in [1.807, 2.05) is 31.2 Å². The lowest BCUT2D eigenvalue weighted by Crippen LogP contribution is -2.42. The van der Waals surface area contributed by atoms with Crippen molar-refractivity contribution in [3.63, 3.8) is 0 Å². The fourth-order valence-electron chi connectivity index (χ4n) is 3.26. The number of primary amides is 1. The maximum atomic E-state index is 12.3. The largest absolute Gasteiger partial charge is 0.468 e. The van der Waals surface area contributed by atoms with Crippen LogP contribution in [0.4, 0.5) is 0 Å². The van der Waals surface area contributed by atoms with Crippen molar-refractivity contribution < 1.29 is 14.3 Å². The number of carbonyl (C=O) groups excluding carboxylic acids is 2. The lowest BCUT2D eigenvalue weighted by molar-refractivity contribution is -0.148. The molecule has 22 heavy (non-hydrogen) atoms. The van der Waals surface area contributed by atoms with Crippen LogP contribution in [-0.2, 0) is 14.3 Å². The Balaban J connectivity index is 2.24. The van der Waals surface area contributed by atoms with Gasteiger partial charge in [-0.2, -0.15) is 0 Å². The van der Waals surface area contributed by atoms with Gasteiger partial charge in [0.1, 0.15) is 6.04 Å². The van der Waals surface area contributed by atoms with E-state index in [1.54, 1.807) is 0 Å². The number of likely N-dealkylation sites (tertiary alicyclic amines) is 1. The minimum Gasteiger partial charge on any atom is -0.468 e. The van der Waals surface area contributed by atoms with E-state index in [-0.39, 0.29) is 17.8 Å². The van der Waals surface area contributed by atoms with Crippen molar-refractivity contribution in [3.8, 4) is 0 Å². The molecule has 0 unspecified atom stereocenters. The maximum absolute atomic E-state index is 12.3. The Morgan fingerprint density at radius 2 is 2.14 bits per heavy atom. The lowest BCUT2D eigenvalue weighted by atomic mass is 9.91. The summed E-state index contributed by atoms with van der Waals surface area (Å²) >= 11 is 0. The highest BCUT2D eigenvalue weighted by Crippen LogP contribution is 2.30. The molecule has 5 heteroatoms. The highest BCUT2D eigenvalue weighted by Gasteiger charge is 2.33. The van der Waals surface area contributed by atoms with E-state index < -0.39 is 6.04 Å². The average molecular weight is 304 g/mol. The van der Waals surface area contributed by atoms with E-state index in [0.717, 1.165) is 30.5 Å². The van der Waals surface area contributed by atoms with E-state index in [9.17, 15) is 9.59 Å². The van der Waals surface area contributed by atoms with E-state index >= 15 is 0 Å². The number of benzene rings is 1. The number of esters is 1. The summed E-state index contributed by atoms with van der Waals surface area (Å²) in [6.07, 6.45) is 2.30. The highest BCUT2D eigenvalue weighted by atomic mass is 16.5. The van der Waals surface area contributed by atoms with E-state index in [2.05, 4.69) is 4.90 Å². The van der Waals surface area contributed by atoms with Crippen molar-refractivity contribution in [1.82, 2.24) is 4.90 Å². The predicted molar refractivity (Wildman–Crippen MR) is 84.0 cm³/mol. The normalized spacial score (nSPS) is 20.4. The number of ether oxygens (including phenoxy) is 1. The Labute approximate surface area is 131 Å². The number of hydrogen-bond donors (Lipinski definition) is 1. The average Bonchev–Trinajstić information content (AvgIpc) is 2.49. The molecule has 2 rings (SSSR count). The summed E-state index contributed by atoms with van der Waals surface area (Å²) < 4.78 is 5.02. The predicted octanol–water partition coefficient (Wildman–Crippen LogP) is 1.80. The number of nitrogens with zero attached hydrogens (tertiary/aromatic N) is 1. The molecular formula is C17H24N2O3. The Kier molecular flexibility index (Phi) is 5.55. The van der Waals surface area contributed by atoms with Gasteiger partial charge in [0.15, 0.2) is 0 Å². The summed E-state index contributed by atoms with van der Waals surface area (Å²) in [4.78, 5) is 25.6. The van der Waals surface area contributed by atoms with Crippen LogP contribution < -0.4 is 5.73 Å². The molecule has 1 fully saturated rings. The van der Waals surface area contributed by atoms with Crippen LogP contribution in [0.1, 0.15) is 36.4 Å². The third-order valence-electron chi connectivity index (χ3n) is 4.31. The second kappa shape index (κ2) is 7.40. The number of nitrogens with two attached hydrogens (primary N) is 1.